The molecule has 1 N–H and O–H groups in total. The number of carbonyl (C=O) groups excluding carboxylic acids is 1. The summed E-state index contributed by atoms with van der Waals surface area (Å²) in [6.45, 7) is 0.752. The van der Waals surface area contributed by atoms with E-state index in [4.69, 9.17) is 9.47 Å². The van der Waals surface area contributed by atoms with Gasteiger partial charge in [0.15, 0.2) is 5.13 Å². The minimum atomic E-state index is -0.295. The van der Waals surface area contributed by atoms with Crippen LogP contribution in [0.2, 0.25) is 0 Å². The molecule has 0 radical (unpaired) electrons. The third-order valence-electron chi connectivity index (χ3n) is 4.91. The number of aryl methyl sites for hydroxylation is 2. The number of hydrogen-bond acceptors (Lipinski definition) is 6. The number of thiazole rings is 1. The Morgan fingerprint density at radius 1 is 1.17 bits per heavy atom. The maximum atomic E-state index is 12.7. The predicted octanol–water partition coefficient (Wildman–Crippen LogP) is 4.36. The first-order chi connectivity index (χ1) is 14.2. The van der Waals surface area contributed by atoms with Crippen molar-refractivity contribution in [2.75, 3.05) is 25.6 Å². The fourth-order valence-electron chi connectivity index (χ4n) is 3.42. The lowest BCUT2D eigenvalue weighted by Gasteiger charge is -2.16. The molecule has 4 rings (SSSR count). The lowest BCUT2D eigenvalue weighted by molar-refractivity contribution is 0.101. The number of aromatic nitrogens is 2. The van der Waals surface area contributed by atoms with Gasteiger partial charge in [-0.15, -0.1) is 11.3 Å². The number of hydrogen-bond donors (Lipinski definition) is 1. The number of carbonyl (C=O) groups is 1. The Labute approximate surface area is 173 Å². The van der Waals surface area contributed by atoms with E-state index in [1.165, 1.54) is 35.3 Å². The minimum Gasteiger partial charge on any atom is -0.475 e. The molecule has 0 saturated carbocycles. The summed E-state index contributed by atoms with van der Waals surface area (Å²) in [6, 6.07) is 9.95. The van der Waals surface area contributed by atoms with Gasteiger partial charge >= 0.3 is 0 Å². The minimum absolute atomic E-state index is 0.286. The number of pyridine rings is 1. The standard InChI is InChI=1S/C22H23N3O3S/c1-27-11-12-28-21-18(7-4-10-23-21)20(26)25-22-24-19(14-29-22)17-9-8-15-5-2-3-6-16(15)13-17/h4,7-10,13-14H,2-3,5-6,11-12H2,1H3,(H,24,25,26). The van der Waals surface area contributed by atoms with Gasteiger partial charge in [-0.3, -0.25) is 10.1 Å². The van der Waals surface area contributed by atoms with Crippen molar-refractivity contribution < 1.29 is 14.3 Å². The Morgan fingerprint density at radius 2 is 2.03 bits per heavy atom. The molecule has 3 aromatic rings. The van der Waals surface area contributed by atoms with Crippen LogP contribution in [0.15, 0.2) is 41.9 Å². The quantitative estimate of drug-likeness (QED) is 0.587. The molecule has 1 aliphatic carbocycles. The van der Waals surface area contributed by atoms with Crippen LogP contribution in [0.25, 0.3) is 11.3 Å². The molecular formula is C22H23N3O3S. The zero-order valence-electron chi connectivity index (χ0n) is 16.3. The number of anilines is 1. The van der Waals surface area contributed by atoms with Crippen LogP contribution in [-0.2, 0) is 17.6 Å². The van der Waals surface area contributed by atoms with Crippen molar-refractivity contribution in [1.82, 2.24) is 9.97 Å². The molecule has 0 saturated heterocycles. The Morgan fingerprint density at radius 3 is 2.90 bits per heavy atom. The van der Waals surface area contributed by atoms with Crippen molar-refractivity contribution in [2.45, 2.75) is 25.7 Å². The highest BCUT2D eigenvalue weighted by molar-refractivity contribution is 7.14. The second kappa shape index (κ2) is 9.15. The smallest absolute Gasteiger partial charge is 0.262 e. The third kappa shape index (κ3) is 4.63. The fraction of sp³-hybridized carbons (Fsp3) is 0.318. The molecular weight excluding hydrogens is 386 g/mol. The SMILES string of the molecule is COCCOc1ncccc1C(=O)Nc1nc(-c2ccc3c(c2)CCCC3)cs1. The number of methoxy groups -OCH3 is 1. The Hall–Kier alpha value is -2.77. The van der Waals surface area contributed by atoms with E-state index in [0.717, 1.165) is 24.1 Å². The summed E-state index contributed by atoms with van der Waals surface area (Å²) in [5.41, 5.74) is 5.20. The molecule has 0 unspecified atom stereocenters. The average molecular weight is 410 g/mol. The Kier molecular flexibility index (Phi) is 6.17. The van der Waals surface area contributed by atoms with E-state index < -0.39 is 0 Å². The second-order valence-electron chi connectivity index (χ2n) is 6.88. The summed E-state index contributed by atoms with van der Waals surface area (Å²) in [7, 11) is 1.60. The zero-order valence-corrected chi connectivity index (χ0v) is 17.1. The van der Waals surface area contributed by atoms with E-state index in [9.17, 15) is 4.79 Å². The number of ether oxygens (including phenoxy) is 2. The average Bonchev–Trinajstić information content (AvgIpc) is 3.22. The van der Waals surface area contributed by atoms with Gasteiger partial charge in [0.1, 0.15) is 12.2 Å². The first-order valence-corrected chi connectivity index (χ1v) is 10.6. The van der Waals surface area contributed by atoms with Crippen molar-refractivity contribution >= 4 is 22.4 Å². The van der Waals surface area contributed by atoms with E-state index in [-0.39, 0.29) is 11.8 Å². The number of amides is 1. The molecule has 6 nitrogen and oxygen atoms in total. The van der Waals surface area contributed by atoms with Gasteiger partial charge in [0.2, 0.25) is 5.88 Å². The van der Waals surface area contributed by atoms with Crippen molar-refractivity contribution in [1.29, 1.82) is 0 Å². The normalized spacial score (nSPS) is 13.0. The van der Waals surface area contributed by atoms with Crippen LogP contribution in [0, 0.1) is 0 Å². The van der Waals surface area contributed by atoms with Crippen molar-refractivity contribution in [2.24, 2.45) is 0 Å². The van der Waals surface area contributed by atoms with Crippen molar-refractivity contribution in [3.8, 4) is 17.1 Å². The number of benzene rings is 1. The molecule has 0 fully saturated rings. The highest BCUT2D eigenvalue weighted by atomic mass is 32.1. The summed E-state index contributed by atoms with van der Waals surface area (Å²) in [4.78, 5) is 21.5. The topological polar surface area (TPSA) is 73.3 Å². The maximum Gasteiger partial charge on any atom is 0.262 e. The number of fused-ring (bicyclic) bond motifs is 1. The predicted molar refractivity (Wildman–Crippen MR) is 114 cm³/mol. The van der Waals surface area contributed by atoms with Crippen LogP contribution >= 0.6 is 11.3 Å². The molecule has 1 aliphatic rings. The second-order valence-corrected chi connectivity index (χ2v) is 7.74. The first kappa shape index (κ1) is 19.5. The largest absolute Gasteiger partial charge is 0.475 e. The van der Waals surface area contributed by atoms with Gasteiger partial charge in [0, 0.05) is 24.3 Å². The summed E-state index contributed by atoms with van der Waals surface area (Å²) < 4.78 is 10.5. The van der Waals surface area contributed by atoms with E-state index in [1.54, 1.807) is 25.4 Å². The van der Waals surface area contributed by atoms with E-state index >= 15 is 0 Å². The third-order valence-corrected chi connectivity index (χ3v) is 5.67. The van der Waals surface area contributed by atoms with E-state index in [1.807, 2.05) is 5.38 Å². The van der Waals surface area contributed by atoms with Gasteiger partial charge < -0.3 is 9.47 Å². The first-order valence-electron chi connectivity index (χ1n) is 9.70. The van der Waals surface area contributed by atoms with Crippen molar-refractivity contribution in [3.05, 3.63) is 58.6 Å². The summed E-state index contributed by atoms with van der Waals surface area (Å²) in [5.74, 6) is -0.00891. The fourth-order valence-corrected chi connectivity index (χ4v) is 4.14. The molecule has 2 heterocycles. The van der Waals surface area contributed by atoms with Crippen LogP contribution < -0.4 is 10.1 Å². The van der Waals surface area contributed by atoms with Crippen LogP contribution in [0.5, 0.6) is 5.88 Å². The van der Waals surface area contributed by atoms with Gasteiger partial charge in [-0.2, -0.15) is 0 Å². The van der Waals surface area contributed by atoms with E-state index in [2.05, 4.69) is 33.5 Å². The number of rotatable bonds is 7. The molecule has 7 heteroatoms. The number of nitrogens with zero attached hydrogens (tertiary/aromatic N) is 2. The maximum absolute atomic E-state index is 12.7. The van der Waals surface area contributed by atoms with Crippen LogP contribution in [0.1, 0.15) is 34.3 Å². The summed E-state index contributed by atoms with van der Waals surface area (Å²) in [6.07, 6.45) is 6.40. The monoisotopic (exact) mass is 409 g/mol. The van der Waals surface area contributed by atoms with Gasteiger partial charge in [0.25, 0.3) is 5.91 Å². The molecule has 1 amide bonds. The van der Waals surface area contributed by atoms with Crippen LogP contribution in [0.4, 0.5) is 5.13 Å². The van der Waals surface area contributed by atoms with Crippen LogP contribution in [0.3, 0.4) is 0 Å². The zero-order chi connectivity index (χ0) is 20.1. The molecule has 29 heavy (non-hydrogen) atoms. The summed E-state index contributed by atoms with van der Waals surface area (Å²) >= 11 is 1.41. The molecule has 0 atom stereocenters. The molecule has 1 aromatic carbocycles. The van der Waals surface area contributed by atoms with E-state index in [0.29, 0.717) is 23.9 Å². The highest BCUT2D eigenvalue weighted by Gasteiger charge is 2.16. The van der Waals surface area contributed by atoms with Crippen LogP contribution in [-0.4, -0.2) is 36.2 Å². The molecule has 150 valence electrons. The molecule has 0 bridgehead atoms. The molecule has 0 spiro atoms. The van der Waals surface area contributed by atoms with Gasteiger partial charge in [-0.25, -0.2) is 9.97 Å². The van der Waals surface area contributed by atoms with Gasteiger partial charge in [-0.1, -0.05) is 12.1 Å². The highest BCUT2D eigenvalue weighted by Crippen LogP contribution is 2.30. The molecule has 0 aliphatic heterocycles. The number of nitrogens with one attached hydrogen (secondary N) is 1. The molecule has 2 aromatic heterocycles. The summed E-state index contributed by atoms with van der Waals surface area (Å²) in [5, 5.41) is 5.38. The van der Waals surface area contributed by atoms with Crippen molar-refractivity contribution in [3.63, 3.8) is 0 Å². The Balaban J connectivity index is 1.48. The Bertz CT molecular complexity index is 1000. The lowest BCUT2D eigenvalue weighted by Crippen LogP contribution is -2.15. The van der Waals surface area contributed by atoms with Gasteiger partial charge in [0.05, 0.1) is 12.3 Å². The van der Waals surface area contributed by atoms with Gasteiger partial charge in [-0.05, 0) is 55.0 Å². The lowest BCUT2D eigenvalue weighted by atomic mass is 9.90.